The Labute approximate surface area is 167 Å². The molecule has 4 nitrogen and oxygen atoms in total. The molecule has 2 aromatic carbocycles. The minimum Gasteiger partial charge on any atom is -0.332 e. The molecule has 0 radical (unpaired) electrons. The molecular formula is C24H27N3O. The van der Waals surface area contributed by atoms with E-state index in [-0.39, 0.29) is 12.1 Å². The molecule has 28 heavy (non-hydrogen) atoms. The summed E-state index contributed by atoms with van der Waals surface area (Å²) in [5.41, 5.74) is 5.58. The molecule has 0 bridgehead atoms. The summed E-state index contributed by atoms with van der Waals surface area (Å²) in [6.07, 6.45) is 4.19. The number of carbonyl (C=O) groups is 1. The number of unbranched alkanes of at least 4 members (excludes halogenated alkanes) is 2. The first-order valence-electron chi connectivity index (χ1n) is 9.96. The van der Waals surface area contributed by atoms with Crippen molar-refractivity contribution < 1.29 is 4.79 Å². The average molecular weight is 374 g/mol. The van der Waals surface area contributed by atoms with Gasteiger partial charge in [0.25, 0.3) is 0 Å². The molecule has 2 aromatic rings. The highest BCUT2D eigenvalue weighted by atomic mass is 16.2. The molecule has 1 aliphatic rings. The molecule has 0 aromatic heterocycles. The van der Waals surface area contributed by atoms with Crippen LogP contribution in [0.4, 0.5) is 5.69 Å². The zero-order valence-corrected chi connectivity index (χ0v) is 16.8. The molecule has 144 valence electrons. The molecular weight excluding hydrogens is 346 g/mol. The molecule has 3 rings (SSSR count). The van der Waals surface area contributed by atoms with E-state index in [0.29, 0.717) is 5.56 Å². The molecule has 1 atom stereocenters. The smallest absolute Gasteiger partial charge is 0.250 e. The minimum atomic E-state index is -0.0925. The Balaban J connectivity index is 1.94. The number of rotatable bonds is 6. The Bertz CT molecular complexity index is 922. The van der Waals surface area contributed by atoms with E-state index >= 15 is 0 Å². The first-order valence-corrected chi connectivity index (χ1v) is 9.96. The van der Waals surface area contributed by atoms with Gasteiger partial charge in [-0.25, -0.2) is 0 Å². The van der Waals surface area contributed by atoms with Gasteiger partial charge >= 0.3 is 0 Å². The second kappa shape index (κ2) is 8.75. The lowest BCUT2D eigenvalue weighted by Gasteiger charge is -2.39. The van der Waals surface area contributed by atoms with Crippen LogP contribution in [0.5, 0.6) is 0 Å². The average Bonchev–Trinajstić information content (AvgIpc) is 2.72. The Morgan fingerprint density at radius 2 is 1.82 bits per heavy atom. The summed E-state index contributed by atoms with van der Waals surface area (Å²) in [5, 5.41) is 12.4. The van der Waals surface area contributed by atoms with Gasteiger partial charge in [0.15, 0.2) is 0 Å². The van der Waals surface area contributed by atoms with Crippen molar-refractivity contribution in [1.29, 1.82) is 5.26 Å². The Kier molecular flexibility index (Phi) is 6.16. The lowest BCUT2D eigenvalue weighted by Crippen LogP contribution is -2.51. The number of nitrogens with zero attached hydrogens (tertiary/aromatic N) is 2. The Hall–Kier alpha value is -3.06. The Morgan fingerprint density at radius 3 is 2.50 bits per heavy atom. The van der Waals surface area contributed by atoms with E-state index in [9.17, 15) is 10.1 Å². The third kappa shape index (κ3) is 3.94. The quantitative estimate of drug-likeness (QED) is 0.693. The standard InChI is InChI=1S/C24H27N3O/c1-4-5-6-11-23-17(2)24(28)26-18(3)27(23)21-14-12-19(13-15-21)22-10-8-7-9-20(22)16-25/h7-10,12-15,18H,4-6,11H2,1-3H3,(H,26,28). The van der Waals surface area contributed by atoms with Crippen molar-refractivity contribution in [2.75, 3.05) is 4.90 Å². The van der Waals surface area contributed by atoms with Crippen molar-refractivity contribution in [2.24, 2.45) is 0 Å². The van der Waals surface area contributed by atoms with E-state index in [1.807, 2.05) is 50.2 Å². The maximum absolute atomic E-state index is 12.3. The number of carbonyl (C=O) groups excluding carboxylic acids is 1. The van der Waals surface area contributed by atoms with Gasteiger partial charge < -0.3 is 10.2 Å². The van der Waals surface area contributed by atoms with Gasteiger partial charge in [-0.05, 0) is 56.0 Å². The van der Waals surface area contributed by atoms with E-state index in [0.717, 1.165) is 53.8 Å². The van der Waals surface area contributed by atoms with Gasteiger partial charge in [-0.3, -0.25) is 4.79 Å². The SMILES string of the molecule is CCCCCC1=C(C)C(=O)NC(C)N1c1ccc(-c2ccccc2C#N)cc1. The third-order valence-electron chi connectivity index (χ3n) is 5.31. The summed E-state index contributed by atoms with van der Waals surface area (Å²) in [6.45, 7) is 6.11. The molecule has 1 unspecified atom stereocenters. The lowest BCUT2D eigenvalue weighted by atomic mass is 9.99. The molecule has 1 N–H and O–H groups in total. The van der Waals surface area contributed by atoms with Crippen LogP contribution in [0.3, 0.4) is 0 Å². The van der Waals surface area contributed by atoms with Gasteiger partial charge in [-0.2, -0.15) is 5.26 Å². The van der Waals surface area contributed by atoms with Gasteiger partial charge in [-0.15, -0.1) is 0 Å². The number of amides is 1. The van der Waals surface area contributed by atoms with Crippen LogP contribution in [-0.2, 0) is 4.79 Å². The maximum atomic E-state index is 12.3. The van der Waals surface area contributed by atoms with Crippen LogP contribution in [0.15, 0.2) is 59.8 Å². The lowest BCUT2D eigenvalue weighted by molar-refractivity contribution is -0.118. The van der Waals surface area contributed by atoms with Crippen LogP contribution in [0.2, 0.25) is 0 Å². The summed E-state index contributed by atoms with van der Waals surface area (Å²) in [5.74, 6) is 0.0230. The molecule has 1 aliphatic heterocycles. The van der Waals surface area contributed by atoms with E-state index in [1.165, 1.54) is 0 Å². The maximum Gasteiger partial charge on any atom is 0.250 e. The first-order chi connectivity index (χ1) is 13.6. The van der Waals surface area contributed by atoms with E-state index in [4.69, 9.17) is 0 Å². The molecule has 1 amide bonds. The van der Waals surface area contributed by atoms with Crippen LogP contribution in [-0.4, -0.2) is 12.1 Å². The zero-order valence-electron chi connectivity index (χ0n) is 16.8. The second-order valence-corrected chi connectivity index (χ2v) is 7.25. The number of nitriles is 1. The van der Waals surface area contributed by atoms with Gasteiger partial charge in [-0.1, -0.05) is 50.1 Å². The van der Waals surface area contributed by atoms with Crippen LogP contribution in [0, 0.1) is 11.3 Å². The van der Waals surface area contributed by atoms with Crippen molar-refractivity contribution in [3.63, 3.8) is 0 Å². The molecule has 0 saturated heterocycles. The van der Waals surface area contributed by atoms with Crippen molar-refractivity contribution in [1.82, 2.24) is 5.32 Å². The fourth-order valence-corrected chi connectivity index (χ4v) is 3.77. The van der Waals surface area contributed by atoms with Gasteiger partial charge in [0, 0.05) is 17.0 Å². The molecule has 0 aliphatic carbocycles. The highest BCUT2D eigenvalue weighted by Gasteiger charge is 2.29. The number of anilines is 1. The molecule has 0 spiro atoms. The van der Waals surface area contributed by atoms with Crippen LogP contribution >= 0.6 is 0 Å². The predicted molar refractivity (Wildman–Crippen MR) is 114 cm³/mol. The van der Waals surface area contributed by atoms with Gasteiger partial charge in [0.1, 0.15) is 6.17 Å². The fraction of sp³-hybridized carbons (Fsp3) is 0.333. The van der Waals surface area contributed by atoms with Gasteiger partial charge in [0.05, 0.1) is 11.6 Å². The summed E-state index contributed by atoms with van der Waals surface area (Å²) in [7, 11) is 0. The topological polar surface area (TPSA) is 56.1 Å². The third-order valence-corrected chi connectivity index (χ3v) is 5.31. The zero-order chi connectivity index (χ0) is 20.1. The van der Waals surface area contributed by atoms with Crippen LogP contribution in [0.1, 0.15) is 52.0 Å². The predicted octanol–water partition coefficient (Wildman–Crippen LogP) is 5.36. The summed E-state index contributed by atoms with van der Waals surface area (Å²) < 4.78 is 0. The van der Waals surface area contributed by atoms with Crippen molar-refractivity contribution in [3.05, 3.63) is 65.4 Å². The van der Waals surface area contributed by atoms with Gasteiger partial charge in [0.2, 0.25) is 5.91 Å². The number of hydrogen-bond donors (Lipinski definition) is 1. The number of allylic oxidation sites excluding steroid dienone is 1. The van der Waals surface area contributed by atoms with E-state index < -0.39 is 0 Å². The van der Waals surface area contributed by atoms with Crippen LogP contribution in [0.25, 0.3) is 11.1 Å². The minimum absolute atomic E-state index is 0.0230. The summed E-state index contributed by atoms with van der Waals surface area (Å²) >= 11 is 0. The monoisotopic (exact) mass is 373 g/mol. The Morgan fingerprint density at radius 1 is 1.11 bits per heavy atom. The van der Waals surface area contributed by atoms with E-state index in [1.54, 1.807) is 0 Å². The number of hydrogen-bond acceptors (Lipinski definition) is 3. The number of benzene rings is 2. The highest BCUT2D eigenvalue weighted by molar-refractivity contribution is 5.96. The summed E-state index contributed by atoms with van der Waals surface area (Å²) in [6, 6.07) is 18.1. The van der Waals surface area contributed by atoms with Crippen molar-refractivity contribution in [3.8, 4) is 17.2 Å². The molecule has 4 heteroatoms. The summed E-state index contributed by atoms with van der Waals surface area (Å²) in [4.78, 5) is 14.5. The number of nitrogens with one attached hydrogen (secondary N) is 1. The fourth-order valence-electron chi connectivity index (χ4n) is 3.77. The van der Waals surface area contributed by atoms with Crippen molar-refractivity contribution in [2.45, 2.75) is 52.6 Å². The normalized spacial score (nSPS) is 16.7. The molecule has 0 saturated carbocycles. The second-order valence-electron chi connectivity index (χ2n) is 7.25. The van der Waals surface area contributed by atoms with Crippen LogP contribution < -0.4 is 10.2 Å². The van der Waals surface area contributed by atoms with Crippen molar-refractivity contribution >= 4 is 11.6 Å². The van der Waals surface area contributed by atoms with E-state index in [2.05, 4.69) is 35.3 Å². The highest BCUT2D eigenvalue weighted by Crippen LogP contribution is 2.32. The molecule has 0 fully saturated rings. The molecule has 1 heterocycles. The first kappa shape index (κ1) is 19.7. The largest absolute Gasteiger partial charge is 0.332 e.